The normalized spacial score (nSPS) is 25.0. The van der Waals surface area contributed by atoms with E-state index in [0.717, 1.165) is 12.1 Å². The minimum atomic E-state index is -0.271. The zero-order valence-electron chi connectivity index (χ0n) is 9.56. The summed E-state index contributed by atoms with van der Waals surface area (Å²) in [5, 5.41) is 9.73. The van der Waals surface area contributed by atoms with Gasteiger partial charge in [0, 0.05) is 31.4 Å². The molecule has 6 nitrogen and oxygen atoms in total. The number of nitrogens with zero attached hydrogens (tertiary/aromatic N) is 2. The molecule has 0 aliphatic carbocycles. The summed E-state index contributed by atoms with van der Waals surface area (Å²) in [5.41, 5.74) is 2.07. The van der Waals surface area contributed by atoms with E-state index in [0.29, 0.717) is 24.1 Å². The molecule has 1 fully saturated rings. The Labute approximate surface area is 117 Å². The molecule has 7 heteroatoms. The van der Waals surface area contributed by atoms with Crippen LogP contribution in [0.1, 0.15) is 5.56 Å². The second-order valence-corrected chi connectivity index (χ2v) is 6.15. The Bertz CT molecular complexity index is 613. The van der Waals surface area contributed by atoms with Gasteiger partial charge in [0.05, 0.1) is 21.9 Å². The maximum Gasteiger partial charge on any atom is 0.275 e. The van der Waals surface area contributed by atoms with Crippen LogP contribution in [0.4, 0.5) is 0 Å². The molecule has 3 heterocycles. The monoisotopic (exact) mass is 360 g/mol. The molecule has 0 unspecified atom stereocenters. The number of β-amino-alcohol motifs (C(OH)–C–C–N with tert-alkyl or cyclic N) is 1. The second kappa shape index (κ2) is 4.63. The molecule has 0 aromatic carbocycles. The van der Waals surface area contributed by atoms with Crippen molar-refractivity contribution < 1.29 is 5.11 Å². The van der Waals surface area contributed by atoms with E-state index in [4.69, 9.17) is 0 Å². The SMILES string of the molecule is O=c1[nH]cnc2c(CN3C[C@@H](O)[C@H](I)C3)c[nH]c12. The minimum absolute atomic E-state index is 0.153. The van der Waals surface area contributed by atoms with Gasteiger partial charge in [-0.25, -0.2) is 4.98 Å². The number of aliphatic hydroxyl groups is 1. The lowest BCUT2D eigenvalue weighted by Crippen LogP contribution is -2.21. The zero-order chi connectivity index (χ0) is 12.7. The molecular weight excluding hydrogens is 347 g/mol. The highest BCUT2D eigenvalue weighted by Crippen LogP contribution is 2.21. The first-order valence-electron chi connectivity index (χ1n) is 5.73. The highest BCUT2D eigenvalue weighted by atomic mass is 127. The van der Waals surface area contributed by atoms with Crippen LogP contribution in [0.2, 0.25) is 0 Å². The minimum Gasteiger partial charge on any atom is -0.391 e. The molecule has 0 radical (unpaired) electrons. The summed E-state index contributed by atoms with van der Waals surface area (Å²) in [6, 6.07) is 0. The van der Waals surface area contributed by atoms with E-state index in [-0.39, 0.29) is 15.6 Å². The lowest BCUT2D eigenvalue weighted by atomic mass is 10.2. The van der Waals surface area contributed by atoms with E-state index in [1.807, 2.05) is 6.20 Å². The van der Waals surface area contributed by atoms with E-state index in [9.17, 15) is 9.90 Å². The molecule has 3 N–H and O–H groups in total. The molecule has 1 saturated heterocycles. The smallest absolute Gasteiger partial charge is 0.275 e. The van der Waals surface area contributed by atoms with Gasteiger partial charge < -0.3 is 15.1 Å². The Morgan fingerprint density at radius 2 is 2.33 bits per heavy atom. The van der Waals surface area contributed by atoms with Crippen molar-refractivity contribution in [1.82, 2.24) is 19.9 Å². The molecule has 2 aromatic rings. The molecule has 3 rings (SSSR count). The fourth-order valence-corrected chi connectivity index (χ4v) is 3.10. The number of alkyl halides is 1. The van der Waals surface area contributed by atoms with Crippen molar-refractivity contribution in [3.63, 3.8) is 0 Å². The summed E-state index contributed by atoms with van der Waals surface area (Å²) in [6.45, 7) is 2.23. The molecule has 0 bridgehead atoms. The van der Waals surface area contributed by atoms with E-state index in [1.165, 1.54) is 6.33 Å². The van der Waals surface area contributed by atoms with Crippen molar-refractivity contribution in [3.8, 4) is 0 Å². The molecule has 2 atom stereocenters. The van der Waals surface area contributed by atoms with E-state index >= 15 is 0 Å². The maximum atomic E-state index is 11.6. The van der Waals surface area contributed by atoms with Crippen LogP contribution in [-0.2, 0) is 6.54 Å². The lowest BCUT2D eigenvalue weighted by molar-refractivity contribution is 0.179. The second-order valence-electron chi connectivity index (χ2n) is 4.55. The average Bonchev–Trinajstić information content (AvgIpc) is 2.86. The Balaban J connectivity index is 1.88. The zero-order valence-corrected chi connectivity index (χ0v) is 11.7. The third kappa shape index (κ3) is 2.06. The number of hydrogen-bond donors (Lipinski definition) is 3. The number of aromatic nitrogens is 3. The molecular formula is C11H13IN4O2. The summed E-state index contributed by atoms with van der Waals surface area (Å²) < 4.78 is 0.268. The number of aliphatic hydroxyl groups excluding tert-OH is 1. The van der Waals surface area contributed by atoms with Crippen LogP contribution in [0.5, 0.6) is 0 Å². The Kier molecular flexibility index (Phi) is 3.12. The molecule has 96 valence electrons. The van der Waals surface area contributed by atoms with Gasteiger partial charge in [-0.15, -0.1) is 0 Å². The Morgan fingerprint density at radius 3 is 3.06 bits per heavy atom. The summed E-state index contributed by atoms with van der Waals surface area (Å²) in [7, 11) is 0. The first kappa shape index (κ1) is 12.1. The van der Waals surface area contributed by atoms with Crippen LogP contribution < -0.4 is 5.56 Å². The molecule has 1 aliphatic heterocycles. The summed E-state index contributed by atoms with van der Waals surface area (Å²) in [5.74, 6) is 0. The van der Waals surface area contributed by atoms with E-state index in [1.54, 1.807) is 0 Å². The molecule has 0 spiro atoms. The number of rotatable bonds is 2. The van der Waals surface area contributed by atoms with Crippen LogP contribution >= 0.6 is 22.6 Å². The van der Waals surface area contributed by atoms with Crippen LogP contribution in [-0.4, -0.2) is 48.1 Å². The van der Waals surface area contributed by atoms with Gasteiger partial charge in [-0.1, -0.05) is 22.6 Å². The van der Waals surface area contributed by atoms with Crippen molar-refractivity contribution in [3.05, 3.63) is 28.4 Å². The average molecular weight is 360 g/mol. The third-order valence-corrected chi connectivity index (χ3v) is 4.46. The molecule has 0 saturated carbocycles. The van der Waals surface area contributed by atoms with E-state index < -0.39 is 0 Å². The number of fused-ring (bicyclic) bond motifs is 1. The van der Waals surface area contributed by atoms with Gasteiger partial charge in [-0.05, 0) is 0 Å². The first-order valence-corrected chi connectivity index (χ1v) is 6.98. The Hall–Kier alpha value is -0.930. The van der Waals surface area contributed by atoms with Crippen LogP contribution in [0.3, 0.4) is 0 Å². The largest absolute Gasteiger partial charge is 0.391 e. The van der Waals surface area contributed by atoms with Crippen LogP contribution in [0.25, 0.3) is 11.0 Å². The van der Waals surface area contributed by atoms with Crippen molar-refractivity contribution in [2.24, 2.45) is 0 Å². The Morgan fingerprint density at radius 1 is 1.50 bits per heavy atom. The van der Waals surface area contributed by atoms with Crippen LogP contribution in [0, 0.1) is 0 Å². The summed E-state index contributed by atoms with van der Waals surface area (Å²) in [4.78, 5) is 23.4. The van der Waals surface area contributed by atoms with Crippen molar-refractivity contribution in [2.45, 2.75) is 16.6 Å². The van der Waals surface area contributed by atoms with Crippen LogP contribution in [0.15, 0.2) is 17.3 Å². The number of nitrogens with one attached hydrogen (secondary N) is 2. The lowest BCUT2D eigenvalue weighted by Gasteiger charge is -2.13. The predicted molar refractivity (Wildman–Crippen MR) is 75.8 cm³/mol. The quantitative estimate of drug-likeness (QED) is 0.529. The van der Waals surface area contributed by atoms with Gasteiger partial charge in [0.2, 0.25) is 0 Å². The van der Waals surface area contributed by atoms with Gasteiger partial charge >= 0.3 is 0 Å². The highest BCUT2D eigenvalue weighted by molar-refractivity contribution is 14.1. The molecule has 1 aliphatic rings. The van der Waals surface area contributed by atoms with Gasteiger partial charge in [0.15, 0.2) is 0 Å². The van der Waals surface area contributed by atoms with Crippen molar-refractivity contribution in [2.75, 3.05) is 13.1 Å². The fourth-order valence-electron chi connectivity index (χ4n) is 2.32. The van der Waals surface area contributed by atoms with E-state index in [2.05, 4.69) is 42.4 Å². The highest BCUT2D eigenvalue weighted by Gasteiger charge is 2.29. The topological polar surface area (TPSA) is 85.0 Å². The number of aromatic amines is 2. The standard InChI is InChI=1S/C11H13IN4O2/c12-7-3-16(4-8(7)17)2-6-1-13-10-9(6)14-5-15-11(10)18/h1,5,7-8,13,17H,2-4H2,(H,14,15,18)/t7-,8-/m1/s1. The molecule has 2 aromatic heterocycles. The number of likely N-dealkylation sites (tertiary alicyclic amines) is 1. The maximum absolute atomic E-state index is 11.6. The number of H-pyrrole nitrogens is 2. The summed E-state index contributed by atoms with van der Waals surface area (Å²) >= 11 is 2.27. The third-order valence-electron chi connectivity index (χ3n) is 3.24. The predicted octanol–water partition coefficient (Wildman–Crippen LogP) is 0.231. The van der Waals surface area contributed by atoms with Crippen molar-refractivity contribution in [1.29, 1.82) is 0 Å². The molecule has 18 heavy (non-hydrogen) atoms. The molecule has 0 amide bonds. The number of hydrogen-bond acceptors (Lipinski definition) is 4. The first-order chi connectivity index (χ1) is 8.65. The van der Waals surface area contributed by atoms with Gasteiger partial charge in [-0.2, -0.15) is 0 Å². The summed E-state index contributed by atoms with van der Waals surface area (Å²) in [6.07, 6.45) is 2.97. The fraction of sp³-hybridized carbons (Fsp3) is 0.455. The van der Waals surface area contributed by atoms with Gasteiger partial charge in [0.1, 0.15) is 5.52 Å². The van der Waals surface area contributed by atoms with Gasteiger partial charge in [-0.3, -0.25) is 9.69 Å². The van der Waals surface area contributed by atoms with Crippen molar-refractivity contribution >= 4 is 33.6 Å². The number of halogens is 1. The van der Waals surface area contributed by atoms with Gasteiger partial charge in [0.25, 0.3) is 5.56 Å².